The van der Waals surface area contributed by atoms with Gasteiger partial charge < -0.3 is 10.6 Å². The Kier molecular flexibility index (Phi) is 2.93. The molecule has 0 aromatic heterocycles. The third-order valence-electron chi connectivity index (χ3n) is 1.70. The molecule has 0 aromatic rings. The fourth-order valence-corrected chi connectivity index (χ4v) is 1.22. The molecule has 0 aromatic carbocycles. The highest BCUT2D eigenvalue weighted by Crippen LogP contribution is 2.14. The van der Waals surface area contributed by atoms with Crippen LogP contribution in [0.2, 0.25) is 0 Å². The van der Waals surface area contributed by atoms with Gasteiger partial charge in [-0.2, -0.15) is 0 Å². The molecule has 0 radical (unpaired) electrons. The number of hydrogen-bond acceptors (Lipinski definition) is 2. The molecule has 0 saturated carbocycles. The lowest BCUT2D eigenvalue weighted by molar-refractivity contribution is 0.382. The number of rotatable bonds is 0. The minimum atomic E-state index is 0. The van der Waals surface area contributed by atoms with E-state index in [0.717, 1.165) is 19.5 Å². The summed E-state index contributed by atoms with van der Waals surface area (Å²) in [6.07, 6.45) is 1.14. The number of likely N-dealkylation sites (tertiary alicyclic amines) is 1. The first kappa shape index (κ1) is 9.21. The van der Waals surface area contributed by atoms with Crippen LogP contribution in [0, 0.1) is 0 Å². The lowest BCUT2D eigenvalue weighted by Gasteiger charge is -2.15. The Balaban J connectivity index is 0.000000640. The number of hydrogen-bond donors (Lipinski definition) is 1. The van der Waals surface area contributed by atoms with Crippen LogP contribution >= 0.6 is 12.4 Å². The summed E-state index contributed by atoms with van der Waals surface area (Å²) in [5.74, 6) is 0. The summed E-state index contributed by atoms with van der Waals surface area (Å²) in [6.45, 7) is 4.32. The summed E-state index contributed by atoms with van der Waals surface area (Å²) in [6, 6.07) is 0. The van der Waals surface area contributed by atoms with Crippen molar-refractivity contribution in [3.63, 3.8) is 0 Å². The van der Waals surface area contributed by atoms with E-state index in [9.17, 15) is 0 Å². The summed E-state index contributed by atoms with van der Waals surface area (Å²) >= 11 is 0. The topological polar surface area (TPSA) is 29.3 Å². The average Bonchev–Trinajstić information content (AvgIpc) is 1.82. The molecule has 1 unspecified atom stereocenters. The van der Waals surface area contributed by atoms with Crippen LogP contribution in [0.3, 0.4) is 0 Å². The molecule has 0 bridgehead atoms. The molecule has 1 saturated heterocycles. The second-order valence-corrected chi connectivity index (χ2v) is 3.14. The van der Waals surface area contributed by atoms with Crippen LogP contribution in [0.25, 0.3) is 0 Å². The zero-order valence-electron chi connectivity index (χ0n) is 6.05. The van der Waals surface area contributed by atoms with E-state index < -0.39 is 0 Å². The first-order valence-corrected chi connectivity index (χ1v) is 3.08. The van der Waals surface area contributed by atoms with Gasteiger partial charge in [-0.05, 0) is 26.9 Å². The van der Waals surface area contributed by atoms with Crippen molar-refractivity contribution in [1.29, 1.82) is 0 Å². The Labute approximate surface area is 62.8 Å². The molecule has 1 rings (SSSR count). The van der Waals surface area contributed by atoms with Crippen molar-refractivity contribution >= 4 is 12.4 Å². The van der Waals surface area contributed by atoms with Crippen LogP contribution in [-0.2, 0) is 0 Å². The van der Waals surface area contributed by atoms with Gasteiger partial charge >= 0.3 is 0 Å². The fourth-order valence-electron chi connectivity index (χ4n) is 1.22. The standard InChI is InChI=1S/C6H14N2.ClH/c1-6(7)3-4-8(2)5-6;/h3-5,7H2,1-2H3;1H. The highest BCUT2D eigenvalue weighted by molar-refractivity contribution is 5.85. The number of nitrogens with zero attached hydrogens (tertiary/aromatic N) is 1. The summed E-state index contributed by atoms with van der Waals surface area (Å²) < 4.78 is 0. The van der Waals surface area contributed by atoms with Gasteiger partial charge in [-0.15, -0.1) is 12.4 Å². The molecule has 1 aliphatic heterocycles. The van der Waals surface area contributed by atoms with Gasteiger partial charge in [0, 0.05) is 12.1 Å². The summed E-state index contributed by atoms with van der Waals surface area (Å²) in [4.78, 5) is 2.26. The molecule has 1 atom stereocenters. The predicted molar refractivity (Wildman–Crippen MR) is 42.0 cm³/mol. The van der Waals surface area contributed by atoms with Crippen molar-refractivity contribution in [3.8, 4) is 0 Å². The Morgan fingerprint density at radius 1 is 1.56 bits per heavy atom. The van der Waals surface area contributed by atoms with Gasteiger partial charge in [-0.1, -0.05) is 0 Å². The molecule has 1 aliphatic rings. The van der Waals surface area contributed by atoms with Gasteiger partial charge in [0.15, 0.2) is 0 Å². The minimum Gasteiger partial charge on any atom is -0.324 e. The summed E-state index contributed by atoms with van der Waals surface area (Å²) in [5, 5.41) is 0. The Hall–Kier alpha value is 0.210. The largest absolute Gasteiger partial charge is 0.324 e. The third kappa shape index (κ3) is 2.52. The van der Waals surface area contributed by atoms with Crippen LogP contribution in [0.5, 0.6) is 0 Å². The number of likely N-dealkylation sites (N-methyl/N-ethyl adjacent to an activating group) is 1. The maximum absolute atomic E-state index is 5.83. The van der Waals surface area contributed by atoms with E-state index >= 15 is 0 Å². The molecule has 0 spiro atoms. The monoisotopic (exact) mass is 150 g/mol. The summed E-state index contributed by atoms with van der Waals surface area (Å²) in [5.41, 5.74) is 5.92. The highest BCUT2D eigenvalue weighted by Gasteiger charge is 2.26. The van der Waals surface area contributed by atoms with Gasteiger partial charge in [0.05, 0.1) is 0 Å². The normalized spacial score (nSPS) is 36.3. The SMILES string of the molecule is CN1CCC(C)(N)C1.Cl. The maximum Gasteiger partial charge on any atom is 0.0266 e. The second-order valence-electron chi connectivity index (χ2n) is 3.14. The smallest absolute Gasteiger partial charge is 0.0266 e. The van der Waals surface area contributed by atoms with E-state index in [1.54, 1.807) is 0 Å². The van der Waals surface area contributed by atoms with E-state index in [1.165, 1.54) is 0 Å². The molecule has 3 heteroatoms. The molecule has 0 aliphatic carbocycles. The fraction of sp³-hybridized carbons (Fsp3) is 1.00. The maximum atomic E-state index is 5.83. The van der Waals surface area contributed by atoms with Crippen LogP contribution in [0.15, 0.2) is 0 Å². The highest BCUT2D eigenvalue weighted by atomic mass is 35.5. The van der Waals surface area contributed by atoms with E-state index in [4.69, 9.17) is 5.73 Å². The molecule has 1 fully saturated rings. The number of nitrogens with two attached hydrogens (primary N) is 1. The number of halogens is 1. The summed E-state index contributed by atoms with van der Waals surface area (Å²) in [7, 11) is 2.11. The quantitative estimate of drug-likeness (QED) is 0.544. The van der Waals surface area contributed by atoms with E-state index in [0.29, 0.717) is 0 Å². The second kappa shape index (κ2) is 2.86. The first-order chi connectivity index (χ1) is 3.60. The molecule has 2 nitrogen and oxygen atoms in total. The molecule has 9 heavy (non-hydrogen) atoms. The van der Waals surface area contributed by atoms with Crippen molar-refractivity contribution in [3.05, 3.63) is 0 Å². The van der Waals surface area contributed by atoms with Crippen LogP contribution < -0.4 is 5.73 Å². The molecule has 0 amide bonds. The van der Waals surface area contributed by atoms with Gasteiger partial charge in [0.25, 0.3) is 0 Å². The van der Waals surface area contributed by atoms with Crippen molar-refractivity contribution in [1.82, 2.24) is 4.90 Å². The Bertz CT molecular complexity index is 93.1. The van der Waals surface area contributed by atoms with Crippen molar-refractivity contribution < 1.29 is 0 Å². The molecular formula is C6H15ClN2. The lowest BCUT2D eigenvalue weighted by atomic mass is 10.0. The van der Waals surface area contributed by atoms with E-state index in [1.807, 2.05) is 0 Å². The van der Waals surface area contributed by atoms with Gasteiger partial charge in [0.1, 0.15) is 0 Å². The van der Waals surface area contributed by atoms with Crippen LogP contribution in [0.4, 0.5) is 0 Å². The predicted octanol–water partition coefficient (Wildman–Crippen LogP) is 0.461. The van der Waals surface area contributed by atoms with Crippen molar-refractivity contribution in [2.75, 3.05) is 20.1 Å². The van der Waals surface area contributed by atoms with Gasteiger partial charge in [-0.25, -0.2) is 0 Å². The van der Waals surface area contributed by atoms with Gasteiger partial charge in [0.2, 0.25) is 0 Å². The van der Waals surface area contributed by atoms with Crippen molar-refractivity contribution in [2.45, 2.75) is 18.9 Å². The third-order valence-corrected chi connectivity index (χ3v) is 1.70. The first-order valence-electron chi connectivity index (χ1n) is 3.08. The molecule has 1 heterocycles. The minimum absolute atomic E-state index is 0. The van der Waals surface area contributed by atoms with E-state index in [2.05, 4.69) is 18.9 Å². The van der Waals surface area contributed by atoms with Crippen LogP contribution in [0.1, 0.15) is 13.3 Å². The molecule has 56 valence electrons. The zero-order valence-corrected chi connectivity index (χ0v) is 6.87. The van der Waals surface area contributed by atoms with Gasteiger partial charge in [-0.3, -0.25) is 0 Å². The van der Waals surface area contributed by atoms with Crippen LogP contribution in [-0.4, -0.2) is 30.6 Å². The lowest BCUT2D eigenvalue weighted by Crippen LogP contribution is -2.38. The Morgan fingerprint density at radius 3 is 2.22 bits per heavy atom. The average molecular weight is 151 g/mol. The van der Waals surface area contributed by atoms with E-state index in [-0.39, 0.29) is 17.9 Å². The zero-order chi connectivity index (χ0) is 6.20. The molecular weight excluding hydrogens is 136 g/mol. The van der Waals surface area contributed by atoms with Crippen molar-refractivity contribution in [2.24, 2.45) is 5.73 Å². The molecule has 2 N–H and O–H groups in total. The Morgan fingerprint density at radius 2 is 2.11 bits per heavy atom.